The highest BCUT2D eigenvalue weighted by molar-refractivity contribution is 6.42. The third kappa shape index (κ3) is 3.36. The third-order valence-electron chi connectivity index (χ3n) is 2.70. The van der Waals surface area contributed by atoms with Crippen molar-refractivity contribution in [2.24, 2.45) is 0 Å². The number of amides is 1. The van der Waals surface area contributed by atoms with Gasteiger partial charge >= 0.3 is 0 Å². The fourth-order valence-corrected chi connectivity index (χ4v) is 2.30. The van der Waals surface area contributed by atoms with E-state index in [1.54, 1.807) is 25.1 Å². The van der Waals surface area contributed by atoms with Crippen molar-refractivity contribution in [3.8, 4) is 0 Å². The van der Waals surface area contributed by atoms with E-state index in [4.69, 9.17) is 23.2 Å². The maximum Gasteiger partial charge on any atom is 0.238 e. The van der Waals surface area contributed by atoms with E-state index >= 15 is 0 Å². The van der Waals surface area contributed by atoms with Crippen LogP contribution < -0.4 is 5.32 Å². The molecule has 4 nitrogen and oxygen atoms in total. The molecule has 2 rings (SSSR count). The van der Waals surface area contributed by atoms with Gasteiger partial charge < -0.3 is 10.4 Å². The summed E-state index contributed by atoms with van der Waals surface area (Å²) in [4.78, 5) is 13.6. The zero-order chi connectivity index (χ0) is 13.3. The van der Waals surface area contributed by atoms with Crippen molar-refractivity contribution in [1.29, 1.82) is 0 Å². The Morgan fingerprint density at radius 1 is 1.44 bits per heavy atom. The number of halogens is 2. The maximum atomic E-state index is 11.7. The van der Waals surface area contributed by atoms with Crippen LogP contribution in [0, 0.1) is 0 Å². The molecule has 6 heteroatoms. The quantitative estimate of drug-likeness (QED) is 0.895. The minimum absolute atomic E-state index is 0.135. The molecule has 1 aliphatic heterocycles. The molecule has 1 amide bonds. The molecule has 1 aromatic rings. The molecule has 0 spiro atoms. The van der Waals surface area contributed by atoms with Gasteiger partial charge in [0.1, 0.15) is 0 Å². The van der Waals surface area contributed by atoms with E-state index in [0.717, 1.165) is 0 Å². The van der Waals surface area contributed by atoms with Crippen molar-refractivity contribution >= 4 is 34.8 Å². The molecule has 0 saturated carbocycles. The standard InChI is InChI=1S/C12H14Cl2N2O2/c1-12(18)6-16(7-12)5-11(17)15-8-2-3-9(13)10(14)4-8/h2-4,18H,5-7H2,1H3,(H,15,17). The SMILES string of the molecule is CC1(O)CN(CC(=O)Nc2ccc(Cl)c(Cl)c2)C1. The highest BCUT2D eigenvalue weighted by Crippen LogP contribution is 2.25. The molecule has 0 atom stereocenters. The van der Waals surface area contributed by atoms with Gasteiger partial charge in [-0.05, 0) is 25.1 Å². The number of β-amino-alcohol motifs (C(OH)–C–C–N with tert-alkyl or cyclic N) is 1. The molecule has 0 radical (unpaired) electrons. The van der Waals surface area contributed by atoms with E-state index in [2.05, 4.69) is 5.32 Å². The lowest BCUT2D eigenvalue weighted by Crippen LogP contribution is -2.61. The molecule has 98 valence electrons. The molecular formula is C12H14Cl2N2O2. The Balaban J connectivity index is 1.86. The molecule has 1 fully saturated rings. The maximum absolute atomic E-state index is 11.7. The van der Waals surface area contributed by atoms with E-state index in [9.17, 15) is 9.90 Å². The largest absolute Gasteiger partial charge is 0.388 e. The predicted octanol–water partition coefficient (Wildman–Crippen LogP) is 2.00. The van der Waals surface area contributed by atoms with E-state index in [-0.39, 0.29) is 12.5 Å². The molecule has 1 saturated heterocycles. The Hall–Kier alpha value is -0.810. The lowest BCUT2D eigenvalue weighted by molar-refractivity contribution is -0.125. The van der Waals surface area contributed by atoms with Crippen LogP contribution in [0.3, 0.4) is 0 Å². The van der Waals surface area contributed by atoms with Gasteiger partial charge in [-0.1, -0.05) is 23.2 Å². The van der Waals surface area contributed by atoms with Crippen LogP contribution in [0.15, 0.2) is 18.2 Å². The molecule has 1 heterocycles. The van der Waals surface area contributed by atoms with Crippen LogP contribution in [0.4, 0.5) is 5.69 Å². The van der Waals surface area contributed by atoms with Crippen LogP contribution in [0.5, 0.6) is 0 Å². The van der Waals surface area contributed by atoms with Gasteiger partial charge in [0.2, 0.25) is 5.91 Å². The molecule has 0 aliphatic carbocycles. The van der Waals surface area contributed by atoms with Gasteiger partial charge in [0.15, 0.2) is 0 Å². The zero-order valence-corrected chi connectivity index (χ0v) is 11.4. The summed E-state index contributed by atoms with van der Waals surface area (Å²) in [5.41, 5.74) is -0.0502. The van der Waals surface area contributed by atoms with E-state index in [1.165, 1.54) is 0 Å². The number of carbonyl (C=O) groups excluding carboxylic acids is 1. The summed E-state index contributed by atoms with van der Waals surface area (Å²) in [6.45, 7) is 3.04. The van der Waals surface area contributed by atoms with Crippen molar-refractivity contribution in [3.05, 3.63) is 28.2 Å². The van der Waals surface area contributed by atoms with E-state index < -0.39 is 5.60 Å². The fraction of sp³-hybridized carbons (Fsp3) is 0.417. The van der Waals surface area contributed by atoms with Gasteiger partial charge in [0.25, 0.3) is 0 Å². The van der Waals surface area contributed by atoms with Gasteiger partial charge in [-0.3, -0.25) is 9.69 Å². The van der Waals surface area contributed by atoms with Gasteiger partial charge in [0, 0.05) is 18.8 Å². The van der Waals surface area contributed by atoms with Crippen molar-refractivity contribution in [3.63, 3.8) is 0 Å². The second-order valence-electron chi connectivity index (χ2n) is 4.82. The summed E-state index contributed by atoms with van der Waals surface area (Å²) in [7, 11) is 0. The first-order valence-electron chi connectivity index (χ1n) is 5.55. The van der Waals surface area contributed by atoms with Crippen LogP contribution in [-0.4, -0.2) is 41.1 Å². The molecule has 1 aliphatic rings. The number of aliphatic hydroxyl groups is 1. The monoisotopic (exact) mass is 288 g/mol. The highest BCUT2D eigenvalue weighted by Gasteiger charge is 2.37. The summed E-state index contributed by atoms with van der Waals surface area (Å²) in [6, 6.07) is 4.93. The van der Waals surface area contributed by atoms with E-state index in [0.29, 0.717) is 28.8 Å². The minimum atomic E-state index is -0.663. The predicted molar refractivity (Wildman–Crippen MR) is 72.2 cm³/mol. The van der Waals surface area contributed by atoms with E-state index in [1.807, 2.05) is 4.90 Å². The normalized spacial score (nSPS) is 18.2. The molecule has 1 aromatic carbocycles. The van der Waals surface area contributed by atoms with Crippen molar-refractivity contribution in [2.75, 3.05) is 25.0 Å². The fourth-order valence-electron chi connectivity index (χ4n) is 2.01. The second kappa shape index (κ2) is 5.05. The summed E-state index contributed by atoms with van der Waals surface area (Å²) in [5, 5.41) is 13.1. The number of nitrogens with zero attached hydrogens (tertiary/aromatic N) is 1. The van der Waals surface area contributed by atoms with Gasteiger partial charge in [-0.2, -0.15) is 0 Å². The summed E-state index contributed by atoms with van der Waals surface area (Å²) >= 11 is 11.6. The van der Waals surface area contributed by atoms with Crippen LogP contribution in [0.1, 0.15) is 6.92 Å². The summed E-state index contributed by atoms with van der Waals surface area (Å²) in [6.07, 6.45) is 0. The Kier molecular flexibility index (Phi) is 3.82. The number of likely N-dealkylation sites (tertiary alicyclic amines) is 1. The average molecular weight is 289 g/mol. The smallest absolute Gasteiger partial charge is 0.238 e. The van der Waals surface area contributed by atoms with Crippen molar-refractivity contribution < 1.29 is 9.90 Å². The highest BCUT2D eigenvalue weighted by atomic mass is 35.5. The summed E-state index contributed by atoms with van der Waals surface area (Å²) < 4.78 is 0. The first-order valence-corrected chi connectivity index (χ1v) is 6.31. The molecule has 0 bridgehead atoms. The lowest BCUT2D eigenvalue weighted by Gasteiger charge is -2.43. The molecule has 18 heavy (non-hydrogen) atoms. The Morgan fingerprint density at radius 2 is 2.11 bits per heavy atom. The summed E-state index contributed by atoms with van der Waals surface area (Å²) in [5.74, 6) is -0.135. The van der Waals surface area contributed by atoms with Crippen LogP contribution >= 0.6 is 23.2 Å². The lowest BCUT2D eigenvalue weighted by atomic mass is 9.97. The molecule has 2 N–H and O–H groups in total. The average Bonchev–Trinajstić information content (AvgIpc) is 2.21. The van der Waals surface area contributed by atoms with Gasteiger partial charge in [-0.15, -0.1) is 0 Å². The number of nitrogens with one attached hydrogen (secondary N) is 1. The Labute approximate surface area is 115 Å². The number of hydrogen-bond donors (Lipinski definition) is 2. The Morgan fingerprint density at radius 3 is 2.67 bits per heavy atom. The minimum Gasteiger partial charge on any atom is -0.388 e. The molecule has 0 unspecified atom stereocenters. The van der Waals surface area contributed by atoms with Crippen LogP contribution in [0.2, 0.25) is 10.0 Å². The van der Waals surface area contributed by atoms with Gasteiger partial charge in [-0.25, -0.2) is 0 Å². The van der Waals surface area contributed by atoms with Gasteiger partial charge in [0.05, 0.1) is 22.2 Å². The zero-order valence-electron chi connectivity index (χ0n) is 9.91. The number of carbonyl (C=O) groups is 1. The van der Waals surface area contributed by atoms with Crippen LogP contribution in [0.25, 0.3) is 0 Å². The van der Waals surface area contributed by atoms with Crippen molar-refractivity contribution in [2.45, 2.75) is 12.5 Å². The first-order chi connectivity index (χ1) is 8.35. The molecule has 0 aromatic heterocycles. The third-order valence-corrected chi connectivity index (χ3v) is 3.44. The topological polar surface area (TPSA) is 52.6 Å². The number of hydrogen-bond acceptors (Lipinski definition) is 3. The number of rotatable bonds is 3. The number of benzene rings is 1. The molecular weight excluding hydrogens is 275 g/mol. The number of anilines is 1. The first kappa shape index (κ1) is 13.6. The van der Waals surface area contributed by atoms with Crippen LogP contribution in [-0.2, 0) is 4.79 Å². The van der Waals surface area contributed by atoms with Crippen molar-refractivity contribution in [1.82, 2.24) is 4.90 Å². The Bertz CT molecular complexity index is 469. The second-order valence-corrected chi connectivity index (χ2v) is 5.63.